The van der Waals surface area contributed by atoms with Crippen LogP contribution in [0.2, 0.25) is 0 Å². The molecule has 0 fully saturated rings. The predicted molar refractivity (Wildman–Crippen MR) is 105 cm³/mol. The molecule has 0 heteroatoms. The maximum absolute atomic E-state index is 2.37. The van der Waals surface area contributed by atoms with Crippen LogP contribution < -0.4 is 0 Å². The molecule has 0 amide bonds. The summed E-state index contributed by atoms with van der Waals surface area (Å²) in [5.74, 6) is 0.562. The molecule has 0 spiro atoms. The molecule has 3 aromatic rings. The summed E-state index contributed by atoms with van der Waals surface area (Å²) in [6, 6.07) is 24.5. The highest BCUT2D eigenvalue weighted by Gasteiger charge is 2.13. The lowest BCUT2D eigenvalue weighted by atomic mass is 9.86. The molecule has 0 aliphatic heterocycles. The molecule has 0 aromatic heterocycles. The van der Waals surface area contributed by atoms with Crippen LogP contribution in [-0.4, -0.2) is 0 Å². The number of rotatable bonds is 4. The fourth-order valence-electron chi connectivity index (χ4n) is 3.24. The minimum absolute atomic E-state index is 0.562. The molecule has 0 radical (unpaired) electrons. The van der Waals surface area contributed by atoms with Crippen LogP contribution in [0.5, 0.6) is 0 Å². The van der Waals surface area contributed by atoms with Crippen molar-refractivity contribution in [1.82, 2.24) is 0 Å². The SMILES string of the molecule is CCC(C)c1ccc(-c2ccc(C)cc2)cc1-c1ccccc1C. The van der Waals surface area contributed by atoms with Gasteiger partial charge < -0.3 is 0 Å². The molecule has 0 aliphatic rings. The lowest BCUT2D eigenvalue weighted by Crippen LogP contribution is -1.97. The van der Waals surface area contributed by atoms with Crippen LogP contribution in [0, 0.1) is 13.8 Å². The number of hydrogen-bond donors (Lipinski definition) is 0. The fourth-order valence-corrected chi connectivity index (χ4v) is 3.24. The van der Waals surface area contributed by atoms with Crippen LogP contribution in [0.3, 0.4) is 0 Å². The third-order valence-electron chi connectivity index (χ3n) is 5.02. The van der Waals surface area contributed by atoms with Crippen molar-refractivity contribution in [2.45, 2.75) is 40.0 Å². The van der Waals surface area contributed by atoms with E-state index in [0.717, 1.165) is 6.42 Å². The van der Waals surface area contributed by atoms with E-state index in [9.17, 15) is 0 Å². The summed E-state index contributed by atoms with van der Waals surface area (Å²) in [5.41, 5.74) is 9.38. The van der Waals surface area contributed by atoms with Crippen molar-refractivity contribution < 1.29 is 0 Å². The van der Waals surface area contributed by atoms with Gasteiger partial charge in [-0.3, -0.25) is 0 Å². The molecule has 0 saturated heterocycles. The van der Waals surface area contributed by atoms with E-state index in [1.807, 2.05) is 0 Å². The molecule has 0 aliphatic carbocycles. The van der Waals surface area contributed by atoms with Gasteiger partial charge in [0.1, 0.15) is 0 Å². The monoisotopic (exact) mass is 314 g/mol. The van der Waals surface area contributed by atoms with E-state index in [1.54, 1.807) is 0 Å². The van der Waals surface area contributed by atoms with Gasteiger partial charge in [0.05, 0.1) is 0 Å². The van der Waals surface area contributed by atoms with Gasteiger partial charge in [0, 0.05) is 0 Å². The van der Waals surface area contributed by atoms with E-state index < -0.39 is 0 Å². The lowest BCUT2D eigenvalue weighted by molar-refractivity contribution is 0.735. The summed E-state index contributed by atoms with van der Waals surface area (Å²) in [6.07, 6.45) is 1.16. The standard InChI is InChI=1S/C24H26/c1-5-18(3)23-15-14-21(20-12-10-17(2)11-13-20)16-24(23)22-9-7-6-8-19(22)4/h6-16,18H,5H2,1-4H3. The van der Waals surface area contributed by atoms with Gasteiger partial charge >= 0.3 is 0 Å². The maximum Gasteiger partial charge on any atom is -0.0140 e. The Morgan fingerprint density at radius 2 is 1.42 bits per heavy atom. The van der Waals surface area contributed by atoms with Gasteiger partial charge in [-0.2, -0.15) is 0 Å². The van der Waals surface area contributed by atoms with Crippen molar-refractivity contribution in [2.24, 2.45) is 0 Å². The molecule has 122 valence electrons. The van der Waals surface area contributed by atoms with Crippen molar-refractivity contribution in [2.75, 3.05) is 0 Å². The molecule has 0 heterocycles. The first-order valence-corrected chi connectivity index (χ1v) is 8.87. The Morgan fingerprint density at radius 3 is 2.08 bits per heavy atom. The lowest BCUT2D eigenvalue weighted by Gasteiger charge is -2.18. The largest absolute Gasteiger partial charge is 0.0648 e. The zero-order chi connectivity index (χ0) is 17.1. The third kappa shape index (κ3) is 3.28. The molecule has 1 atom stereocenters. The minimum atomic E-state index is 0.562. The van der Waals surface area contributed by atoms with Crippen molar-refractivity contribution in [3.05, 3.63) is 83.4 Å². The highest BCUT2D eigenvalue weighted by molar-refractivity contribution is 5.77. The van der Waals surface area contributed by atoms with E-state index in [-0.39, 0.29) is 0 Å². The molecule has 0 saturated carbocycles. The predicted octanol–water partition coefficient (Wildman–Crippen LogP) is 7.15. The normalized spacial score (nSPS) is 12.2. The molecule has 0 nitrogen and oxygen atoms in total. The number of benzene rings is 3. The summed E-state index contributed by atoms with van der Waals surface area (Å²) < 4.78 is 0. The minimum Gasteiger partial charge on any atom is -0.0648 e. The summed E-state index contributed by atoms with van der Waals surface area (Å²) in [7, 11) is 0. The Hall–Kier alpha value is -2.34. The van der Waals surface area contributed by atoms with Crippen LogP contribution in [0.4, 0.5) is 0 Å². The summed E-state index contributed by atoms with van der Waals surface area (Å²) >= 11 is 0. The molecule has 3 rings (SSSR count). The van der Waals surface area contributed by atoms with Crippen LogP contribution in [0.1, 0.15) is 42.9 Å². The Kier molecular flexibility index (Phi) is 4.85. The second-order valence-electron chi connectivity index (χ2n) is 6.79. The Bertz CT molecular complexity index is 825. The van der Waals surface area contributed by atoms with Gasteiger partial charge in [-0.05, 0) is 65.6 Å². The second kappa shape index (κ2) is 7.05. The second-order valence-corrected chi connectivity index (χ2v) is 6.79. The third-order valence-corrected chi connectivity index (χ3v) is 5.02. The van der Waals surface area contributed by atoms with E-state index in [2.05, 4.69) is 94.4 Å². The van der Waals surface area contributed by atoms with E-state index in [4.69, 9.17) is 0 Å². The van der Waals surface area contributed by atoms with Gasteiger partial charge in [-0.15, -0.1) is 0 Å². The Morgan fingerprint density at radius 1 is 0.750 bits per heavy atom. The highest BCUT2D eigenvalue weighted by atomic mass is 14.2. The molecular formula is C24H26. The van der Waals surface area contributed by atoms with Crippen molar-refractivity contribution >= 4 is 0 Å². The van der Waals surface area contributed by atoms with E-state index in [0.29, 0.717) is 5.92 Å². The zero-order valence-electron chi connectivity index (χ0n) is 15.1. The molecule has 24 heavy (non-hydrogen) atoms. The summed E-state index contributed by atoms with van der Waals surface area (Å²) in [6.45, 7) is 8.92. The van der Waals surface area contributed by atoms with Gasteiger partial charge in [-0.25, -0.2) is 0 Å². The van der Waals surface area contributed by atoms with Gasteiger partial charge in [0.15, 0.2) is 0 Å². The Balaban J connectivity index is 2.18. The fraction of sp³-hybridized carbons (Fsp3) is 0.250. The van der Waals surface area contributed by atoms with Gasteiger partial charge in [0.25, 0.3) is 0 Å². The molecular weight excluding hydrogens is 288 g/mol. The average molecular weight is 314 g/mol. The molecule has 0 bridgehead atoms. The van der Waals surface area contributed by atoms with Gasteiger partial charge in [0.2, 0.25) is 0 Å². The maximum atomic E-state index is 2.37. The summed E-state index contributed by atoms with van der Waals surface area (Å²) in [5, 5.41) is 0. The molecule has 1 unspecified atom stereocenters. The first-order valence-electron chi connectivity index (χ1n) is 8.87. The van der Waals surface area contributed by atoms with E-state index in [1.165, 1.54) is 38.9 Å². The van der Waals surface area contributed by atoms with Crippen molar-refractivity contribution in [3.8, 4) is 22.3 Å². The number of aryl methyl sites for hydroxylation is 2. The van der Waals surface area contributed by atoms with E-state index >= 15 is 0 Å². The van der Waals surface area contributed by atoms with Crippen LogP contribution >= 0.6 is 0 Å². The Labute approximate surface area is 146 Å². The van der Waals surface area contributed by atoms with Crippen LogP contribution in [0.15, 0.2) is 66.7 Å². The van der Waals surface area contributed by atoms with Crippen molar-refractivity contribution in [3.63, 3.8) is 0 Å². The average Bonchev–Trinajstić information content (AvgIpc) is 2.62. The highest BCUT2D eigenvalue weighted by Crippen LogP contribution is 2.36. The first kappa shape index (κ1) is 16.5. The zero-order valence-corrected chi connectivity index (χ0v) is 15.1. The smallest absolute Gasteiger partial charge is 0.0140 e. The van der Waals surface area contributed by atoms with Gasteiger partial charge in [-0.1, -0.05) is 80.1 Å². The number of hydrogen-bond acceptors (Lipinski definition) is 0. The van der Waals surface area contributed by atoms with Crippen LogP contribution in [-0.2, 0) is 0 Å². The van der Waals surface area contributed by atoms with Crippen molar-refractivity contribution in [1.29, 1.82) is 0 Å². The quantitative estimate of drug-likeness (QED) is 0.479. The summed E-state index contributed by atoms with van der Waals surface area (Å²) in [4.78, 5) is 0. The first-order chi connectivity index (χ1) is 11.6. The molecule has 3 aromatic carbocycles. The topological polar surface area (TPSA) is 0 Å². The van der Waals surface area contributed by atoms with Crippen LogP contribution in [0.25, 0.3) is 22.3 Å². The molecule has 0 N–H and O–H groups in total.